The highest BCUT2D eigenvalue weighted by Crippen LogP contribution is 2.40. The first-order chi connectivity index (χ1) is 12.0. The number of rotatable bonds is 5. The van der Waals surface area contributed by atoms with Gasteiger partial charge in [-0.15, -0.1) is 0 Å². The van der Waals surface area contributed by atoms with Gasteiger partial charge >= 0.3 is 0 Å². The van der Waals surface area contributed by atoms with Crippen LogP contribution in [-0.4, -0.2) is 35.0 Å². The van der Waals surface area contributed by atoms with Gasteiger partial charge in [-0.25, -0.2) is 0 Å². The minimum atomic E-state index is -0.747. The molecule has 2 fully saturated rings. The molecule has 1 saturated carbocycles. The summed E-state index contributed by atoms with van der Waals surface area (Å²) in [6.07, 6.45) is 2.67. The first-order valence-corrected chi connectivity index (χ1v) is 8.65. The molecule has 0 bridgehead atoms. The molecule has 4 rings (SSSR count). The number of nitrogens with zero attached hydrogens (tertiary/aromatic N) is 2. The Morgan fingerprint density at radius 2 is 1.96 bits per heavy atom. The van der Waals surface area contributed by atoms with Crippen LogP contribution in [0.5, 0.6) is 0 Å². The van der Waals surface area contributed by atoms with E-state index in [1.807, 2.05) is 12.1 Å². The maximum absolute atomic E-state index is 12.5. The number of hydrogen-bond donors (Lipinski definition) is 1. The average molecular weight is 360 g/mol. The third kappa shape index (κ3) is 3.02. The van der Waals surface area contributed by atoms with E-state index in [-0.39, 0.29) is 24.8 Å². The van der Waals surface area contributed by atoms with E-state index in [0.717, 1.165) is 24.1 Å². The zero-order chi connectivity index (χ0) is 17.6. The van der Waals surface area contributed by atoms with Crippen molar-refractivity contribution in [2.75, 3.05) is 13.1 Å². The standard InChI is InChI=1S/C18H18ClN3O3/c19-13-5-1-11(2-6-13)8-18(17(20)24)9-22(10-18)16(23)15-7-14(21-25-15)12-3-4-12/h1-2,5-7,12H,3-4,8-10H2,(H2,20,24). The Morgan fingerprint density at radius 3 is 2.56 bits per heavy atom. The van der Waals surface area contributed by atoms with E-state index < -0.39 is 11.3 Å². The van der Waals surface area contributed by atoms with Crippen molar-refractivity contribution >= 4 is 23.4 Å². The molecule has 1 aromatic heterocycles. The molecule has 2 amide bonds. The summed E-state index contributed by atoms with van der Waals surface area (Å²) in [5, 5.41) is 4.60. The Kier molecular flexibility index (Phi) is 3.80. The fourth-order valence-electron chi connectivity index (χ4n) is 3.29. The topological polar surface area (TPSA) is 89.4 Å². The van der Waals surface area contributed by atoms with Gasteiger partial charge in [0.2, 0.25) is 11.7 Å². The Labute approximate surface area is 149 Å². The SMILES string of the molecule is NC(=O)C1(Cc2ccc(Cl)cc2)CN(C(=O)c2cc(C3CC3)no2)C1. The van der Waals surface area contributed by atoms with Crippen LogP contribution in [0, 0.1) is 5.41 Å². The molecule has 0 atom stereocenters. The number of carbonyl (C=O) groups is 2. The number of benzene rings is 1. The Balaban J connectivity index is 1.45. The van der Waals surface area contributed by atoms with Crippen LogP contribution in [0.15, 0.2) is 34.9 Å². The molecule has 2 aromatic rings. The molecule has 2 aliphatic rings. The number of likely N-dealkylation sites (tertiary alicyclic amines) is 1. The van der Waals surface area contributed by atoms with Gasteiger partial charge in [0.1, 0.15) is 0 Å². The Bertz CT molecular complexity index is 820. The summed E-state index contributed by atoms with van der Waals surface area (Å²) in [6, 6.07) is 9.01. The number of aromatic nitrogens is 1. The highest BCUT2D eigenvalue weighted by molar-refractivity contribution is 6.30. The molecule has 6 nitrogen and oxygen atoms in total. The molecule has 2 heterocycles. The molecule has 0 radical (unpaired) electrons. The van der Waals surface area contributed by atoms with Crippen LogP contribution < -0.4 is 5.73 Å². The van der Waals surface area contributed by atoms with Crippen molar-refractivity contribution in [3.63, 3.8) is 0 Å². The van der Waals surface area contributed by atoms with E-state index in [1.165, 1.54) is 0 Å². The van der Waals surface area contributed by atoms with Gasteiger partial charge in [0, 0.05) is 30.1 Å². The third-order valence-corrected chi connectivity index (χ3v) is 5.24. The van der Waals surface area contributed by atoms with Crippen LogP contribution in [0.1, 0.15) is 40.6 Å². The van der Waals surface area contributed by atoms with Crippen molar-refractivity contribution in [3.05, 3.63) is 52.4 Å². The zero-order valence-electron chi connectivity index (χ0n) is 13.6. The number of hydrogen-bond acceptors (Lipinski definition) is 4. The number of amides is 2. The molecular weight excluding hydrogens is 342 g/mol. The number of halogens is 1. The van der Waals surface area contributed by atoms with Crippen LogP contribution in [0.25, 0.3) is 0 Å². The predicted molar refractivity (Wildman–Crippen MR) is 91.2 cm³/mol. The minimum Gasteiger partial charge on any atom is -0.369 e. The summed E-state index contributed by atoms with van der Waals surface area (Å²) in [4.78, 5) is 26.1. The summed E-state index contributed by atoms with van der Waals surface area (Å²) in [5.41, 5.74) is 6.68. The van der Waals surface area contributed by atoms with Crippen molar-refractivity contribution in [1.29, 1.82) is 0 Å². The lowest BCUT2D eigenvalue weighted by Gasteiger charge is -2.47. The molecule has 1 aliphatic carbocycles. The third-order valence-electron chi connectivity index (χ3n) is 4.99. The van der Waals surface area contributed by atoms with E-state index in [2.05, 4.69) is 5.16 Å². The smallest absolute Gasteiger partial charge is 0.292 e. The van der Waals surface area contributed by atoms with Gasteiger partial charge in [0.25, 0.3) is 5.91 Å². The molecular formula is C18H18ClN3O3. The van der Waals surface area contributed by atoms with Crippen molar-refractivity contribution in [2.24, 2.45) is 11.1 Å². The van der Waals surface area contributed by atoms with Gasteiger partial charge < -0.3 is 15.2 Å². The quantitative estimate of drug-likeness (QED) is 0.887. The predicted octanol–water partition coefficient (Wildman–Crippen LogP) is 2.38. The fraction of sp³-hybridized carbons (Fsp3) is 0.389. The summed E-state index contributed by atoms with van der Waals surface area (Å²) < 4.78 is 5.17. The van der Waals surface area contributed by atoms with Crippen LogP contribution in [0.2, 0.25) is 5.02 Å². The molecule has 25 heavy (non-hydrogen) atoms. The van der Waals surface area contributed by atoms with Crippen LogP contribution in [0.4, 0.5) is 0 Å². The lowest BCUT2D eigenvalue weighted by molar-refractivity contribution is -0.135. The van der Waals surface area contributed by atoms with Crippen LogP contribution in [-0.2, 0) is 11.2 Å². The second kappa shape index (κ2) is 5.88. The minimum absolute atomic E-state index is 0.228. The van der Waals surface area contributed by atoms with E-state index >= 15 is 0 Å². The summed E-state index contributed by atoms with van der Waals surface area (Å²) in [5.74, 6) is 0.0119. The molecule has 1 aromatic carbocycles. The largest absolute Gasteiger partial charge is 0.369 e. The Morgan fingerprint density at radius 1 is 1.28 bits per heavy atom. The molecule has 1 saturated heterocycles. The summed E-state index contributed by atoms with van der Waals surface area (Å²) in [7, 11) is 0. The van der Waals surface area contributed by atoms with Crippen molar-refractivity contribution < 1.29 is 14.1 Å². The summed E-state index contributed by atoms with van der Waals surface area (Å²) >= 11 is 5.89. The van der Waals surface area contributed by atoms with Gasteiger partial charge in [-0.05, 0) is 37.0 Å². The molecule has 2 N–H and O–H groups in total. The highest BCUT2D eigenvalue weighted by atomic mass is 35.5. The maximum atomic E-state index is 12.5. The maximum Gasteiger partial charge on any atom is 0.292 e. The fourth-order valence-corrected chi connectivity index (χ4v) is 3.42. The van der Waals surface area contributed by atoms with Crippen molar-refractivity contribution in [3.8, 4) is 0 Å². The van der Waals surface area contributed by atoms with Crippen LogP contribution in [0.3, 0.4) is 0 Å². The van der Waals surface area contributed by atoms with Crippen molar-refractivity contribution in [1.82, 2.24) is 10.1 Å². The summed E-state index contributed by atoms with van der Waals surface area (Å²) in [6.45, 7) is 0.562. The van der Waals surface area contributed by atoms with E-state index in [1.54, 1.807) is 23.1 Å². The first-order valence-electron chi connectivity index (χ1n) is 8.27. The van der Waals surface area contributed by atoms with E-state index in [0.29, 0.717) is 17.4 Å². The van der Waals surface area contributed by atoms with E-state index in [9.17, 15) is 9.59 Å². The molecule has 0 unspecified atom stereocenters. The number of nitrogens with two attached hydrogens (primary N) is 1. The van der Waals surface area contributed by atoms with Gasteiger partial charge in [-0.2, -0.15) is 0 Å². The number of carbonyl (C=O) groups excluding carboxylic acids is 2. The lowest BCUT2D eigenvalue weighted by atomic mass is 9.74. The first kappa shape index (κ1) is 16.1. The van der Waals surface area contributed by atoms with Gasteiger partial charge in [-0.1, -0.05) is 28.9 Å². The van der Waals surface area contributed by atoms with E-state index in [4.69, 9.17) is 21.9 Å². The zero-order valence-corrected chi connectivity index (χ0v) is 14.3. The molecule has 130 valence electrons. The molecule has 1 aliphatic heterocycles. The second-order valence-electron chi connectivity index (χ2n) is 7.00. The monoisotopic (exact) mass is 359 g/mol. The molecule has 7 heteroatoms. The highest BCUT2D eigenvalue weighted by Gasteiger charge is 2.50. The molecule has 0 spiro atoms. The normalized spacial score (nSPS) is 18.7. The number of primary amides is 1. The van der Waals surface area contributed by atoms with Gasteiger partial charge in [-0.3, -0.25) is 9.59 Å². The second-order valence-corrected chi connectivity index (χ2v) is 7.44. The lowest BCUT2D eigenvalue weighted by Crippen LogP contribution is -2.64. The average Bonchev–Trinajstić information content (AvgIpc) is 3.28. The van der Waals surface area contributed by atoms with Gasteiger partial charge in [0.05, 0.1) is 11.1 Å². The van der Waals surface area contributed by atoms with Crippen LogP contribution >= 0.6 is 11.6 Å². The Hall–Kier alpha value is -2.34. The van der Waals surface area contributed by atoms with Crippen molar-refractivity contribution in [2.45, 2.75) is 25.2 Å². The van der Waals surface area contributed by atoms with Gasteiger partial charge in [0.15, 0.2) is 0 Å².